The van der Waals surface area contributed by atoms with Crippen molar-refractivity contribution in [3.63, 3.8) is 0 Å². The Hall–Kier alpha value is -2.46. The number of carbonyl (C=O) groups is 2. The van der Waals surface area contributed by atoms with Gasteiger partial charge in [-0.05, 0) is 48.9 Å². The van der Waals surface area contributed by atoms with Gasteiger partial charge in [-0.15, -0.1) is 0 Å². The van der Waals surface area contributed by atoms with E-state index < -0.39 is 0 Å². The Balaban J connectivity index is 2.10. The fourth-order valence-electron chi connectivity index (χ4n) is 1.96. The van der Waals surface area contributed by atoms with Gasteiger partial charge in [0, 0.05) is 23.9 Å². The topological polar surface area (TPSA) is 55.4 Å². The second-order valence-electron chi connectivity index (χ2n) is 4.72. The number of amides is 1. The molecule has 2 aromatic rings. The molecular formula is C17H17NO3. The zero-order chi connectivity index (χ0) is 15.2. The average Bonchev–Trinajstić information content (AvgIpc) is 2.48. The standard InChI is InChI=1S/C17H17NO3/c1-12(19)14-6-8-16(9-7-14)18-17(20)15-5-3-4-13(10-15)11-21-2/h3-10H,11H2,1-2H3,(H,18,20). The smallest absolute Gasteiger partial charge is 0.255 e. The molecule has 1 N–H and O–H groups in total. The number of ketones is 1. The Morgan fingerprint density at radius 3 is 2.38 bits per heavy atom. The third-order valence-electron chi connectivity index (χ3n) is 3.05. The first-order valence-electron chi connectivity index (χ1n) is 6.60. The van der Waals surface area contributed by atoms with Gasteiger partial charge in [0.15, 0.2) is 5.78 Å². The Morgan fingerprint density at radius 2 is 1.76 bits per heavy atom. The molecule has 2 rings (SSSR count). The monoisotopic (exact) mass is 283 g/mol. The molecule has 0 spiro atoms. The lowest BCUT2D eigenvalue weighted by Crippen LogP contribution is -2.12. The van der Waals surface area contributed by atoms with Crippen molar-refractivity contribution in [1.29, 1.82) is 0 Å². The summed E-state index contributed by atoms with van der Waals surface area (Å²) in [6.45, 7) is 1.98. The lowest BCUT2D eigenvalue weighted by atomic mass is 10.1. The van der Waals surface area contributed by atoms with Crippen LogP contribution in [0.25, 0.3) is 0 Å². The molecular weight excluding hydrogens is 266 g/mol. The van der Waals surface area contributed by atoms with Gasteiger partial charge in [0.2, 0.25) is 0 Å². The normalized spacial score (nSPS) is 10.2. The largest absolute Gasteiger partial charge is 0.380 e. The number of nitrogens with one attached hydrogen (secondary N) is 1. The van der Waals surface area contributed by atoms with Gasteiger partial charge in [0.1, 0.15) is 0 Å². The average molecular weight is 283 g/mol. The lowest BCUT2D eigenvalue weighted by molar-refractivity contribution is 0.101. The number of hydrogen-bond donors (Lipinski definition) is 1. The van der Waals surface area contributed by atoms with Crippen LogP contribution >= 0.6 is 0 Å². The van der Waals surface area contributed by atoms with Crippen LogP contribution < -0.4 is 5.32 Å². The van der Waals surface area contributed by atoms with E-state index in [1.165, 1.54) is 6.92 Å². The van der Waals surface area contributed by atoms with Gasteiger partial charge < -0.3 is 10.1 Å². The SMILES string of the molecule is COCc1cccc(C(=O)Nc2ccc(C(C)=O)cc2)c1. The quantitative estimate of drug-likeness (QED) is 0.857. The Labute approximate surface area is 123 Å². The van der Waals surface area contributed by atoms with Crippen LogP contribution in [0.3, 0.4) is 0 Å². The predicted octanol–water partition coefficient (Wildman–Crippen LogP) is 3.29. The molecule has 108 valence electrons. The Bertz CT molecular complexity index is 647. The molecule has 0 aliphatic carbocycles. The molecule has 2 aromatic carbocycles. The maximum absolute atomic E-state index is 12.2. The van der Waals surface area contributed by atoms with Gasteiger partial charge in [-0.2, -0.15) is 0 Å². The fraction of sp³-hybridized carbons (Fsp3) is 0.176. The summed E-state index contributed by atoms with van der Waals surface area (Å²) in [5, 5.41) is 2.80. The van der Waals surface area contributed by atoms with Crippen LogP contribution in [-0.2, 0) is 11.3 Å². The first-order valence-corrected chi connectivity index (χ1v) is 6.60. The van der Waals surface area contributed by atoms with E-state index in [1.807, 2.05) is 12.1 Å². The molecule has 1 amide bonds. The molecule has 4 heteroatoms. The maximum Gasteiger partial charge on any atom is 0.255 e. The van der Waals surface area contributed by atoms with E-state index in [1.54, 1.807) is 43.5 Å². The Kier molecular flexibility index (Phi) is 4.85. The third kappa shape index (κ3) is 4.00. The second-order valence-corrected chi connectivity index (χ2v) is 4.72. The molecule has 0 unspecified atom stereocenters. The molecule has 21 heavy (non-hydrogen) atoms. The van der Waals surface area contributed by atoms with E-state index in [0.717, 1.165) is 5.56 Å². The van der Waals surface area contributed by atoms with E-state index in [2.05, 4.69) is 5.32 Å². The number of benzene rings is 2. The van der Waals surface area contributed by atoms with E-state index in [-0.39, 0.29) is 11.7 Å². The number of carbonyl (C=O) groups excluding carboxylic acids is 2. The summed E-state index contributed by atoms with van der Waals surface area (Å²) in [5.41, 5.74) is 2.79. The molecule has 0 aliphatic heterocycles. The van der Waals surface area contributed by atoms with Crippen molar-refractivity contribution in [2.75, 3.05) is 12.4 Å². The van der Waals surface area contributed by atoms with Gasteiger partial charge >= 0.3 is 0 Å². The highest BCUT2D eigenvalue weighted by molar-refractivity contribution is 6.04. The minimum atomic E-state index is -0.191. The first kappa shape index (κ1) is 14.9. The summed E-state index contributed by atoms with van der Waals surface area (Å²) >= 11 is 0. The Morgan fingerprint density at radius 1 is 1.05 bits per heavy atom. The van der Waals surface area contributed by atoms with Crippen molar-refractivity contribution in [3.05, 3.63) is 65.2 Å². The van der Waals surface area contributed by atoms with E-state index >= 15 is 0 Å². The van der Waals surface area contributed by atoms with E-state index in [9.17, 15) is 9.59 Å². The number of anilines is 1. The molecule has 0 atom stereocenters. The van der Waals surface area contributed by atoms with Crippen LogP contribution in [0.4, 0.5) is 5.69 Å². The van der Waals surface area contributed by atoms with Crippen LogP contribution in [0.15, 0.2) is 48.5 Å². The molecule has 4 nitrogen and oxygen atoms in total. The minimum Gasteiger partial charge on any atom is -0.380 e. The molecule has 0 heterocycles. The second kappa shape index (κ2) is 6.81. The highest BCUT2D eigenvalue weighted by Crippen LogP contribution is 2.13. The van der Waals surface area contributed by atoms with Crippen molar-refractivity contribution in [3.8, 4) is 0 Å². The number of methoxy groups -OCH3 is 1. The minimum absolute atomic E-state index is 0.000133. The van der Waals surface area contributed by atoms with E-state index in [0.29, 0.717) is 23.4 Å². The van der Waals surface area contributed by atoms with Crippen molar-refractivity contribution in [2.45, 2.75) is 13.5 Å². The van der Waals surface area contributed by atoms with Crippen LogP contribution in [0.1, 0.15) is 33.2 Å². The highest BCUT2D eigenvalue weighted by atomic mass is 16.5. The highest BCUT2D eigenvalue weighted by Gasteiger charge is 2.07. The third-order valence-corrected chi connectivity index (χ3v) is 3.05. The molecule has 0 saturated heterocycles. The van der Waals surface area contributed by atoms with Crippen molar-refractivity contribution < 1.29 is 14.3 Å². The molecule has 0 fully saturated rings. The van der Waals surface area contributed by atoms with Crippen LogP contribution in [0.5, 0.6) is 0 Å². The predicted molar refractivity (Wildman–Crippen MR) is 81.6 cm³/mol. The molecule has 0 bridgehead atoms. The molecule has 0 aromatic heterocycles. The van der Waals surface area contributed by atoms with Crippen LogP contribution in [-0.4, -0.2) is 18.8 Å². The van der Waals surface area contributed by atoms with Crippen molar-refractivity contribution >= 4 is 17.4 Å². The zero-order valence-corrected chi connectivity index (χ0v) is 12.1. The number of hydrogen-bond acceptors (Lipinski definition) is 3. The summed E-state index contributed by atoms with van der Waals surface area (Å²) in [6.07, 6.45) is 0. The van der Waals surface area contributed by atoms with Crippen LogP contribution in [0.2, 0.25) is 0 Å². The first-order chi connectivity index (χ1) is 10.1. The molecule has 0 aliphatic rings. The fourth-order valence-corrected chi connectivity index (χ4v) is 1.96. The van der Waals surface area contributed by atoms with Gasteiger partial charge in [0.25, 0.3) is 5.91 Å². The molecule has 0 radical (unpaired) electrons. The molecule has 0 saturated carbocycles. The van der Waals surface area contributed by atoms with Crippen LogP contribution in [0, 0.1) is 0 Å². The number of ether oxygens (including phenoxy) is 1. The van der Waals surface area contributed by atoms with Gasteiger partial charge in [-0.25, -0.2) is 0 Å². The van der Waals surface area contributed by atoms with Gasteiger partial charge in [-0.1, -0.05) is 12.1 Å². The van der Waals surface area contributed by atoms with Crippen molar-refractivity contribution in [2.24, 2.45) is 0 Å². The summed E-state index contributed by atoms with van der Waals surface area (Å²) in [7, 11) is 1.61. The van der Waals surface area contributed by atoms with Gasteiger partial charge in [-0.3, -0.25) is 9.59 Å². The van der Waals surface area contributed by atoms with Gasteiger partial charge in [0.05, 0.1) is 6.61 Å². The summed E-state index contributed by atoms with van der Waals surface area (Å²) in [6, 6.07) is 14.1. The summed E-state index contributed by atoms with van der Waals surface area (Å²) < 4.78 is 5.05. The lowest BCUT2D eigenvalue weighted by Gasteiger charge is -2.07. The summed E-state index contributed by atoms with van der Waals surface area (Å²) in [4.78, 5) is 23.4. The van der Waals surface area contributed by atoms with E-state index in [4.69, 9.17) is 4.74 Å². The van der Waals surface area contributed by atoms with Crippen molar-refractivity contribution in [1.82, 2.24) is 0 Å². The zero-order valence-electron chi connectivity index (χ0n) is 12.1. The maximum atomic E-state index is 12.2. The summed E-state index contributed by atoms with van der Waals surface area (Å²) in [5.74, 6) is -0.191. The number of Topliss-reactive ketones (excluding diaryl/α,β-unsaturated/α-hetero) is 1. The number of rotatable bonds is 5.